The summed E-state index contributed by atoms with van der Waals surface area (Å²) in [6, 6.07) is 22.9. The number of rotatable bonds is 9. The van der Waals surface area contributed by atoms with Gasteiger partial charge in [-0.2, -0.15) is 0 Å². The van der Waals surface area contributed by atoms with Gasteiger partial charge in [0, 0.05) is 40.8 Å². The van der Waals surface area contributed by atoms with Crippen LogP contribution in [-0.4, -0.2) is 30.9 Å². The number of ether oxygens (including phenoxy) is 3. The van der Waals surface area contributed by atoms with Gasteiger partial charge < -0.3 is 24.6 Å². The molecule has 0 aliphatic carbocycles. The largest absolute Gasteiger partial charge is 0.493 e. The van der Waals surface area contributed by atoms with E-state index in [2.05, 4.69) is 37.4 Å². The monoisotopic (exact) mass is 553 g/mol. The van der Waals surface area contributed by atoms with E-state index in [1.807, 2.05) is 36.4 Å². The van der Waals surface area contributed by atoms with Crippen molar-refractivity contribution in [3.63, 3.8) is 0 Å². The number of aliphatic carboxylic acids is 1. The first kappa shape index (κ1) is 26.7. The van der Waals surface area contributed by atoms with Gasteiger partial charge in [-0.1, -0.05) is 42.5 Å². The molecule has 6 rings (SSSR count). The summed E-state index contributed by atoms with van der Waals surface area (Å²) in [5.74, 6) is 1.21. The Bertz CT molecular complexity index is 1590. The fourth-order valence-electron chi connectivity index (χ4n) is 5.92. The quantitative estimate of drug-likeness (QED) is 0.228. The van der Waals surface area contributed by atoms with E-state index in [-0.39, 0.29) is 24.2 Å². The lowest BCUT2D eigenvalue weighted by atomic mass is 9.92. The van der Waals surface area contributed by atoms with Crippen molar-refractivity contribution in [2.24, 2.45) is 0 Å². The minimum absolute atomic E-state index is 0.0409. The van der Waals surface area contributed by atoms with Gasteiger partial charge >= 0.3 is 5.97 Å². The first-order valence-electron chi connectivity index (χ1n) is 13.9. The Labute approximate surface area is 238 Å². The van der Waals surface area contributed by atoms with Crippen LogP contribution < -0.4 is 19.5 Å². The van der Waals surface area contributed by atoms with E-state index in [0.29, 0.717) is 31.8 Å². The molecule has 6 nitrogen and oxygen atoms in total. The Morgan fingerprint density at radius 2 is 1.78 bits per heavy atom. The van der Waals surface area contributed by atoms with Crippen LogP contribution in [0.25, 0.3) is 11.1 Å². The van der Waals surface area contributed by atoms with Crippen molar-refractivity contribution >= 4 is 11.7 Å². The summed E-state index contributed by atoms with van der Waals surface area (Å²) in [6.45, 7) is 5.40. The number of halogens is 1. The zero-order valence-corrected chi connectivity index (χ0v) is 23.1. The van der Waals surface area contributed by atoms with Gasteiger partial charge in [-0.15, -0.1) is 0 Å². The van der Waals surface area contributed by atoms with Crippen LogP contribution >= 0.6 is 0 Å². The third-order valence-electron chi connectivity index (χ3n) is 7.84. The van der Waals surface area contributed by atoms with Gasteiger partial charge in [0.05, 0.1) is 25.7 Å². The third kappa shape index (κ3) is 5.44. The van der Waals surface area contributed by atoms with Crippen molar-refractivity contribution in [2.45, 2.75) is 38.6 Å². The number of carboxylic acids is 1. The van der Waals surface area contributed by atoms with Crippen LogP contribution in [0.3, 0.4) is 0 Å². The summed E-state index contributed by atoms with van der Waals surface area (Å²) >= 11 is 0. The fourth-order valence-corrected chi connectivity index (χ4v) is 5.92. The lowest BCUT2D eigenvalue weighted by Gasteiger charge is -2.17. The van der Waals surface area contributed by atoms with Gasteiger partial charge in [0.15, 0.2) is 0 Å². The molecule has 2 atom stereocenters. The molecule has 2 heterocycles. The predicted octanol–water partition coefficient (Wildman–Crippen LogP) is 7.23. The number of hydrogen-bond donors (Lipinski definition) is 2. The van der Waals surface area contributed by atoms with Gasteiger partial charge in [0.1, 0.15) is 29.7 Å². The van der Waals surface area contributed by atoms with E-state index in [0.717, 1.165) is 56.3 Å². The van der Waals surface area contributed by atoms with Crippen LogP contribution in [0.15, 0.2) is 72.8 Å². The van der Waals surface area contributed by atoms with Crippen molar-refractivity contribution in [3.05, 3.63) is 106 Å². The lowest BCUT2D eigenvalue weighted by molar-refractivity contribution is -0.137. The van der Waals surface area contributed by atoms with Gasteiger partial charge in [-0.25, -0.2) is 4.39 Å². The summed E-state index contributed by atoms with van der Waals surface area (Å²) in [5.41, 5.74) is 7.86. The van der Waals surface area contributed by atoms with E-state index in [1.54, 1.807) is 12.1 Å². The highest BCUT2D eigenvalue weighted by Gasteiger charge is 2.30. The average Bonchev–Trinajstić information content (AvgIpc) is 3.53. The standard InChI is InChI=1S/C34H32FNO5/c1-20-14-25(39-13-12-22-6-3-4-9-29(22)35)15-21(2)33(20)28-8-5-7-27-30(19-41-34(27)28)36-24-10-11-26-23(16-32(37)38)18-40-31(26)17-24/h3-11,14-15,17,23,30,36H,12-13,16,18-19H2,1-2H3,(H,37,38). The Kier molecular flexibility index (Phi) is 7.26. The molecule has 210 valence electrons. The summed E-state index contributed by atoms with van der Waals surface area (Å²) in [4.78, 5) is 11.2. The van der Waals surface area contributed by atoms with Crippen LogP contribution in [-0.2, 0) is 11.2 Å². The number of anilines is 1. The molecule has 0 saturated carbocycles. The van der Waals surface area contributed by atoms with Gasteiger partial charge in [0.25, 0.3) is 0 Å². The highest BCUT2D eigenvalue weighted by Crippen LogP contribution is 2.45. The first-order chi connectivity index (χ1) is 19.9. The SMILES string of the molecule is Cc1cc(OCCc2ccccc2F)cc(C)c1-c1cccc2c1OCC2Nc1ccc2c(c1)OCC2CC(=O)O. The van der Waals surface area contributed by atoms with Gasteiger partial charge in [-0.05, 0) is 60.4 Å². The molecule has 4 aromatic carbocycles. The van der Waals surface area contributed by atoms with Crippen LogP contribution in [0.2, 0.25) is 0 Å². The van der Waals surface area contributed by atoms with E-state index >= 15 is 0 Å². The molecule has 2 aliphatic heterocycles. The number of fused-ring (bicyclic) bond motifs is 2. The Balaban J connectivity index is 1.18. The highest BCUT2D eigenvalue weighted by molar-refractivity contribution is 5.79. The lowest BCUT2D eigenvalue weighted by Crippen LogP contribution is -2.11. The van der Waals surface area contributed by atoms with Crippen molar-refractivity contribution < 1.29 is 28.5 Å². The molecule has 0 radical (unpaired) electrons. The smallest absolute Gasteiger partial charge is 0.304 e. The Hall–Kier alpha value is -4.52. The number of carboxylic acid groups (broad SMARTS) is 1. The highest BCUT2D eigenvalue weighted by atomic mass is 19.1. The molecule has 0 fully saturated rings. The molecule has 2 aliphatic rings. The van der Waals surface area contributed by atoms with Crippen molar-refractivity contribution in [1.29, 1.82) is 0 Å². The summed E-state index contributed by atoms with van der Waals surface area (Å²) < 4.78 is 32.0. The van der Waals surface area contributed by atoms with Crippen molar-refractivity contribution in [1.82, 2.24) is 0 Å². The number of carbonyl (C=O) groups is 1. The summed E-state index contributed by atoms with van der Waals surface area (Å²) in [7, 11) is 0. The molecule has 41 heavy (non-hydrogen) atoms. The second-order valence-electron chi connectivity index (χ2n) is 10.7. The zero-order valence-electron chi connectivity index (χ0n) is 23.1. The van der Waals surface area contributed by atoms with E-state index in [9.17, 15) is 14.3 Å². The Morgan fingerprint density at radius 1 is 0.976 bits per heavy atom. The number of para-hydroxylation sites is 1. The molecule has 2 unspecified atom stereocenters. The number of aryl methyl sites for hydroxylation is 2. The second-order valence-corrected chi connectivity index (χ2v) is 10.7. The molecule has 0 bridgehead atoms. The van der Waals surface area contributed by atoms with Gasteiger partial charge in [-0.3, -0.25) is 4.79 Å². The summed E-state index contributed by atoms with van der Waals surface area (Å²) in [6.07, 6.45) is 0.562. The molecule has 0 saturated heterocycles. The Morgan fingerprint density at radius 3 is 2.56 bits per heavy atom. The topological polar surface area (TPSA) is 77.0 Å². The minimum atomic E-state index is -0.823. The number of benzene rings is 4. The van der Waals surface area contributed by atoms with Crippen molar-refractivity contribution in [2.75, 3.05) is 25.1 Å². The molecule has 0 aromatic heterocycles. The number of nitrogens with one attached hydrogen (secondary N) is 1. The maximum absolute atomic E-state index is 14.0. The first-order valence-corrected chi connectivity index (χ1v) is 13.9. The summed E-state index contributed by atoms with van der Waals surface area (Å²) in [5, 5.41) is 12.7. The molecule has 4 aromatic rings. The fraction of sp³-hybridized carbons (Fsp3) is 0.265. The van der Waals surface area contributed by atoms with Crippen molar-refractivity contribution in [3.8, 4) is 28.4 Å². The molecule has 7 heteroatoms. The molecule has 0 spiro atoms. The normalized spacial score (nSPS) is 16.9. The van der Waals surface area contributed by atoms with Crippen LogP contribution in [0.4, 0.5) is 10.1 Å². The minimum Gasteiger partial charge on any atom is -0.493 e. The van der Waals surface area contributed by atoms with Crippen LogP contribution in [0, 0.1) is 19.7 Å². The van der Waals surface area contributed by atoms with Crippen LogP contribution in [0.1, 0.15) is 46.2 Å². The van der Waals surface area contributed by atoms with E-state index in [4.69, 9.17) is 14.2 Å². The zero-order chi connectivity index (χ0) is 28.5. The van der Waals surface area contributed by atoms with E-state index < -0.39 is 5.97 Å². The number of hydrogen-bond acceptors (Lipinski definition) is 5. The average molecular weight is 554 g/mol. The predicted molar refractivity (Wildman–Crippen MR) is 156 cm³/mol. The van der Waals surface area contributed by atoms with E-state index in [1.165, 1.54) is 6.07 Å². The van der Waals surface area contributed by atoms with Gasteiger partial charge in [0.2, 0.25) is 0 Å². The van der Waals surface area contributed by atoms with Crippen LogP contribution in [0.5, 0.6) is 17.2 Å². The molecular weight excluding hydrogens is 521 g/mol. The second kappa shape index (κ2) is 11.2. The molecular formula is C34H32FNO5. The molecule has 2 N–H and O–H groups in total. The molecule has 0 amide bonds. The maximum atomic E-state index is 14.0. The maximum Gasteiger partial charge on any atom is 0.304 e. The third-order valence-corrected chi connectivity index (χ3v) is 7.84.